The van der Waals surface area contributed by atoms with Crippen LogP contribution >= 0.6 is 23.2 Å². The van der Waals surface area contributed by atoms with Gasteiger partial charge in [-0.05, 0) is 48.6 Å². The van der Waals surface area contributed by atoms with E-state index in [0.29, 0.717) is 52.2 Å². The summed E-state index contributed by atoms with van der Waals surface area (Å²) in [6, 6.07) is 11.6. The maximum Gasteiger partial charge on any atom is 0.253 e. The number of anilines is 1. The Bertz CT molecular complexity index is 1150. The fourth-order valence-electron chi connectivity index (χ4n) is 3.74. The van der Waals surface area contributed by atoms with Gasteiger partial charge in [-0.2, -0.15) is 0 Å². The maximum atomic E-state index is 12.9. The summed E-state index contributed by atoms with van der Waals surface area (Å²) in [6.07, 6.45) is 0.794. The van der Waals surface area contributed by atoms with Gasteiger partial charge in [0, 0.05) is 25.6 Å². The number of nitrogens with zero attached hydrogens (tertiary/aromatic N) is 1. The molecule has 184 valence electrons. The Kier molecular flexibility index (Phi) is 8.98. The topological polar surface area (TPSA) is 95.6 Å². The minimum Gasteiger partial charge on any atom is -0.352 e. The maximum absolute atomic E-state index is 12.9. The van der Waals surface area contributed by atoms with Gasteiger partial charge in [-0.1, -0.05) is 55.2 Å². The van der Waals surface area contributed by atoms with E-state index in [0.717, 1.165) is 0 Å². The normalized spacial score (nSPS) is 15.3. The second kappa shape index (κ2) is 11.5. The third-order valence-corrected chi connectivity index (χ3v) is 8.24. The standard InChI is InChI=1S/C24H29Cl2N3O4S/c1-16(2)14-27-24(31)19-5-3-4-6-22(19)28-23(30)18-9-11-29(12-10-18)34(32,33)15-17-7-8-20(25)21(26)13-17/h3-8,13,16,18H,9-12,14-15H2,1-2H3,(H,27,31)(H,28,30). The number of sulfonamides is 1. The molecular weight excluding hydrogens is 497 g/mol. The summed E-state index contributed by atoms with van der Waals surface area (Å²) >= 11 is 11.9. The van der Waals surface area contributed by atoms with Crippen molar-refractivity contribution in [2.24, 2.45) is 11.8 Å². The molecule has 2 amide bonds. The zero-order valence-corrected chi connectivity index (χ0v) is 21.5. The molecule has 1 fully saturated rings. The van der Waals surface area contributed by atoms with Crippen molar-refractivity contribution in [1.29, 1.82) is 0 Å². The van der Waals surface area contributed by atoms with Gasteiger partial charge in [-0.3, -0.25) is 9.59 Å². The smallest absolute Gasteiger partial charge is 0.253 e. The summed E-state index contributed by atoms with van der Waals surface area (Å²) in [6.45, 7) is 5.04. The van der Waals surface area contributed by atoms with Gasteiger partial charge in [0.05, 0.1) is 27.0 Å². The lowest BCUT2D eigenvalue weighted by Gasteiger charge is -2.30. The number of piperidine rings is 1. The Balaban J connectivity index is 1.59. The lowest BCUT2D eigenvalue weighted by Crippen LogP contribution is -2.42. The van der Waals surface area contributed by atoms with Crippen molar-refractivity contribution in [3.8, 4) is 0 Å². The number of benzene rings is 2. The number of amides is 2. The zero-order chi connectivity index (χ0) is 24.9. The molecule has 1 heterocycles. The SMILES string of the molecule is CC(C)CNC(=O)c1ccccc1NC(=O)C1CCN(S(=O)(=O)Cc2ccc(Cl)c(Cl)c2)CC1. The predicted octanol–water partition coefficient (Wildman–Crippen LogP) is 4.56. The van der Waals surface area contributed by atoms with E-state index in [1.807, 2.05) is 13.8 Å². The minimum atomic E-state index is -3.56. The molecule has 7 nitrogen and oxygen atoms in total. The highest BCUT2D eigenvalue weighted by molar-refractivity contribution is 7.88. The van der Waals surface area contributed by atoms with Crippen molar-refractivity contribution >= 4 is 50.7 Å². The Labute approximate surface area is 210 Å². The number of hydrogen-bond donors (Lipinski definition) is 2. The number of rotatable bonds is 8. The molecule has 0 radical (unpaired) electrons. The Morgan fingerprint density at radius 2 is 1.74 bits per heavy atom. The van der Waals surface area contributed by atoms with E-state index in [2.05, 4.69) is 10.6 Å². The van der Waals surface area contributed by atoms with Crippen LogP contribution in [-0.4, -0.2) is 44.2 Å². The summed E-state index contributed by atoms with van der Waals surface area (Å²) in [7, 11) is -3.56. The molecule has 0 aliphatic carbocycles. The molecular formula is C24H29Cl2N3O4S. The van der Waals surface area contributed by atoms with E-state index in [9.17, 15) is 18.0 Å². The van der Waals surface area contributed by atoms with Crippen molar-refractivity contribution in [2.75, 3.05) is 25.0 Å². The van der Waals surface area contributed by atoms with E-state index in [-0.39, 0.29) is 36.6 Å². The molecule has 2 aromatic carbocycles. The number of nitrogens with one attached hydrogen (secondary N) is 2. The highest BCUT2D eigenvalue weighted by atomic mass is 35.5. The number of para-hydroxylation sites is 1. The first-order valence-corrected chi connectivity index (χ1v) is 13.5. The van der Waals surface area contributed by atoms with Crippen LogP contribution in [0.2, 0.25) is 10.0 Å². The third kappa shape index (κ3) is 6.95. The van der Waals surface area contributed by atoms with Gasteiger partial charge in [-0.25, -0.2) is 12.7 Å². The van der Waals surface area contributed by atoms with Gasteiger partial charge in [0.2, 0.25) is 15.9 Å². The van der Waals surface area contributed by atoms with Gasteiger partial charge in [0.25, 0.3) is 5.91 Å². The summed E-state index contributed by atoms with van der Waals surface area (Å²) in [4.78, 5) is 25.4. The highest BCUT2D eigenvalue weighted by Crippen LogP contribution is 2.27. The van der Waals surface area contributed by atoms with Gasteiger partial charge >= 0.3 is 0 Å². The van der Waals surface area contributed by atoms with Crippen LogP contribution in [0.15, 0.2) is 42.5 Å². The van der Waals surface area contributed by atoms with Crippen LogP contribution in [0.5, 0.6) is 0 Å². The van der Waals surface area contributed by atoms with Crippen LogP contribution in [0.3, 0.4) is 0 Å². The average Bonchev–Trinajstić information content (AvgIpc) is 2.80. The number of halogens is 2. The third-order valence-electron chi connectivity index (χ3n) is 5.65. The van der Waals surface area contributed by atoms with Gasteiger partial charge in [0.1, 0.15) is 0 Å². The second-order valence-corrected chi connectivity index (χ2v) is 11.6. The lowest BCUT2D eigenvalue weighted by atomic mass is 9.97. The molecule has 0 spiro atoms. The summed E-state index contributed by atoms with van der Waals surface area (Å²) in [5.41, 5.74) is 1.41. The molecule has 0 bridgehead atoms. The van der Waals surface area contributed by atoms with E-state index in [4.69, 9.17) is 23.2 Å². The molecule has 2 N–H and O–H groups in total. The van der Waals surface area contributed by atoms with Gasteiger partial charge in [0.15, 0.2) is 0 Å². The van der Waals surface area contributed by atoms with Crippen LogP contribution in [0.1, 0.15) is 42.6 Å². The van der Waals surface area contributed by atoms with Crippen molar-refractivity contribution in [3.05, 3.63) is 63.6 Å². The molecule has 1 saturated heterocycles. The van der Waals surface area contributed by atoms with Crippen molar-refractivity contribution in [1.82, 2.24) is 9.62 Å². The quantitative estimate of drug-likeness (QED) is 0.527. The van der Waals surface area contributed by atoms with Gasteiger partial charge < -0.3 is 10.6 Å². The van der Waals surface area contributed by atoms with E-state index in [1.165, 1.54) is 4.31 Å². The monoisotopic (exact) mass is 525 g/mol. The first-order valence-electron chi connectivity index (χ1n) is 11.2. The lowest BCUT2D eigenvalue weighted by molar-refractivity contribution is -0.120. The van der Waals surface area contributed by atoms with Crippen LogP contribution in [0.4, 0.5) is 5.69 Å². The average molecular weight is 526 g/mol. The van der Waals surface area contributed by atoms with Crippen LogP contribution < -0.4 is 10.6 Å². The first-order chi connectivity index (χ1) is 16.1. The fraction of sp³-hybridized carbons (Fsp3) is 0.417. The van der Waals surface area contributed by atoms with Crippen molar-refractivity contribution in [3.63, 3.8) is 0 Å². The van der Waals surface area contributed by atoms with Crippen molar-refractivity contribution in [2.45, 2.75) is 32.4 Å². The number of carbonyl (C=O) groups is 2. The molecule has 0 saturated carbocycles. The van der Waals surface area contributed by atoms with Gasteiger partial charge in [-0.15, -0.1) is 0 Å². The van der Waals surface area contributed by atoms with Crippen LogP contribution in [0, 0.1) is 11.8 Å². The largest absolute Gasteiger partial charge is 0.352 e. The molecule has 2 aromatic rings. The molecule has 10 heteroatoms. The molecule has 1 aliphatic heterocycles. The Morgan fingerprint density at radius 3 is 2.38 bits per heavy atom. The highest BCUT2D eigenvalue weighted by Gasteiger charge is 2.31. The minimum absolute atomic E-state index is 0.181. The van der Waals surface area contributed by atoms with E-state index >= 15 is 0 Å². The Hall–Kier alpha value is -2.13. The molecule has 34 heavy (non-hydrogen) atoms. The molecule has 0 aromatic heterocycles. The second-order valence-electron chi connectivity index (χ2n) is 8.82. The van der Waals surface area contributed by atoms with E-state index < -0.39 is 10.0 Å². The van der Waals surface area contributed by atoms with Crippen molar-refractivity contribution < 1.29 is 18.0 Å². The van der Waals surface area contributed by atoms with Crippen LogP contribution in [0.25, 0.3) is 0 Å². The fourth-order valence-corrected chi connectivity index (χ4v) is 5.62. The zero-order valence-electron chi connectivity index (χ0n) is 19.2. The molecule has 0 atom stereocenters. The number of hydrogen-bond acceptors (Lipinski definition) is 4. The molecule has 0 unspecified atom stereocenters. The van der Waals surface area contributed by atoms with E-state index in [1.54, 1.807) is 42.5 Å². The summed E-state index contributed by atoms with van der Waals surface area (Å²) in [5.74, 6) is -0.676. The molecule has 3 rings (SSSR count). The number of carbonyl (C=O) groups excluding carboxylic acids is 2. The summed E-state index contributed by atoms with van der Waals surface area (Å²) in [5, 5.41) is 6.40. The predicted molar refractivity (Wildman–Crippen MR) is 136 cm³/mol. The molecule has 1 aliphatic rings. The van der Waals surface area contributed by atoms with Crippen LogP contribution in [-0.2, 0) is 20.6 Å². The first kappa shape index (κ1) is 26.5. The Morgan fingerprint density at radius 1 is 1.06 bits per heavy atom. The summed E-state index contributed by atoms with van der Waals surface area (Å²) < 4.78 is 27.1.